The number of hydrogen-bond donors (Lipinski definition) is 1. The van der Waals surface area contributed by atoms with Gasteiger partial charge in [0, 0.05) is 39.6 Å². The Balaban J connectivity index is 2.07. The Morgan fingerprint density at radius 1 is 1.24 bits per heavy atom. The van der Waals surface area contributed by atoms with E-state index in [4.69, 9.17) is 5.73 Å². The maximum absolute atomic E-state index is 12.9. The molecule has 0 saturated carbocycles. The summed E-state index contributed by atoms with van der Waals surface area (Å²) in [6, 6.07) is 6.28. The van der Waals surface area contributed by atoms with E-state index in [1.165, 1.54) is 19.1 Å². The molecule has 0 aliphatic carbocycles. The maximum Gasteiger partial charge on any atom is 0.223 e. The fourth-order valence-electron chi connectivity index (χ4n) is 2.54. The topological polar surface area (TPSA) is 66.6 Å². The number of nitrogens with zero attached hydrogens (tertiary/aromatic N) is 2. The van der Waals surface area contributed by atoms with Gasteiger partial charge in [-0.25, -0.2) is 4.39 Å². The molecule has 1 aliphatic heterocycles. The van der Waals surface area contributed by atoms with Crippen LogP contribution in [0.25, 0.3) is 0 Å². The van der Waals surface area contributed by atoms with Crippen molar-refractivity contribution in [3.05, 3.63) is 35.6 Å². The van der Waals surface area contributed by atoms with Crippen LogP contribution in [0.5, 0.6) is 0 Å². The van der Waals surface area contributed by atoms with Gasteiger partial charge in [0.25, 0.3) is 0 Å². The summed E-state index contributed by atoms with van der Waals surface area (Å²) in [6.45, 7) is 4.21. The summed E-state index contributed by atoms with van der Waals surface area (Å²) in [4.78, 5) is 26.8. The van der Waals surface area contributed by atoms with Crippen molar-refractivity contribution in [2.24, 2.45) is 11.7 Å². The second-order valence-corrected chi connectivity index (χ2v) is 5.43. The van der Waals surface area contributed by atoms with Crippen LogP contribution in [0, 0.1) is 11.7 Å². The molecule has 0 spiro atoms. The zero-order valence-electron chi connectivity index (χ0n) is 12.1. The van der Waals surface area contributed by atoms with E-state index in [0.717, 1.165) is 5.56 Å². The average Bonchev–Trinajstić information content (AvgIpc) is 2.64. The fraction of sp³-hybridized carbons (Fsp3) is 0.467. The van der Waals surface area contributed by atoms with E-state index in [0.29, 0.717) is 32.7 Å². The summed E-state index contributed by atoms with van der Waals surface area (Å²) in [6.07, 6.45) is 0. The first-order valence-electron chi connectivity index (χ1n) is 6.97. The molecule has 1 aromatic rings. The molecular formula is C15H20FN3O2. The van der Waals surface area contributed by atoms with Gasteiger partial charge in [0.05, 0.1) is 5.92 Å². The molecule has 0 radical (unpaired) electrons. The Kier molecular flexibility index (Phi) is 4.90. The van der Waals surface area contributed by atoms with Gasteiger partial charge in [-0.1, -0.05) is 12.1 Å². The standard InChI is InChI=1S/C15H20FN3O2/c1-11(20)19-7-6-18(9-13(10-19)15(17)21)8-12-2-4-14(16)5-3-12/h2-5,13H,6-10H2,1H3,(H2,17,21)/t13-/m0/s1. The zero-order chi connectivity index (χ0) is 15.4. The molecule has 0 unspecified atom stereocenters. The number of halogens is 1. The Hall–Kier alpha value is -1.95. The van der Waals surface area contributed by atoms with Gasteiger partial charge >= 0.3 is 0 Å². The van der Waals surface area contributed by atoms with Gasteiger partial charge in [-0.05, 0) is 17.7 Å². The number of carbonyl (C=O) groups is 2. The average molecular weight is 293 g/mol. The molecule has 2 N–H and O–H groups in total. The fourth-order valence-corrected chi connectivity index (χ4v) is 2.54. The van der Waals surface area contributed by atoms with Crippen LogP contribution < -0.4 is 5.73 Å². The van der Waals surface area contributed by atoms with Crippen LogP contribution in [0.3, 0.4) is 0 Å². The number of carbonyl (C=O) groups excluding carboxylic acids is 2. The lowest BCUT2D eigenvalue weighted by Crippen LogP contribution is -2.39. The second-order valence-electron chi connectivity index (χ2n) is 5.43. The van der Waals surface area contributed by atoms with E-state index in [9.17, 15) is 14.0 Å². The minimum atomic E-state index is -0.396. The molecule has 1 aliphatic rings. The lowest BCUT2D eigenvalue weighted by molar-refractivity contribution is -0.130. The van der Waals surface area contributed by atoms with E-state index in [1.807, 2.05) is 0 Å². The van der Waals surface area contributed by atoms with Crippen LogP contribution in [-0.2, 0) is 16.1 Å². The van der Waals surface area contributed by atoms with Crippen LogP contribution >= 0.6 is 0 Å². The van der Waals surface area contributed by atoms with Gasteiger partial charge < -0.3 is 10.6 Å². The van der Waals surface area contributed by atoms with Gasteiger partial charge in [0.15, 0.2) is 0 Å². The number of primary amides is 1. The van der Waals surface area contributed by atoms with Crippen LogP contribution in [-0.4, -0.2) is 47.8 Å². The van der Waals surface area contributed by atoms with Crippen molar-refractivity contribution in [3.8, 4) is 0 Å². The number of nitrogens with two attached hydrogens (primary N) is 1. The number of benzene rings is 1. The Bertz CT molecular complexity index is 518. The quantitative estimate of drug-likeness (QED) is 0.887. The van der Waals surface area contributed by atoms with Gasteiger partial charge in [-0.3, -0.25) is 14.5 Å². The molecular weight excluding hydrogens is 273 g/mol. The van der Waals surface area contributed by atoms with Crippen molar-refractivity contribution in [3.63, 3.8) is 0 Å². The molecule has 1 heterocycles. The third kappa shape index (κ3) is 4.26. The highest BCUT2D eigenvalue weighted by molar-refractivity contribution is 5.79. The molecule has 0 bridgehead atoms. The number of rotatable bonds is 3. The predicted octanol–water partition coefficient (Wildman–Crippen LogP) is 0.591. The minimum absolute atomic E-state index is 0.0510. The van der Waals surface area contributed by atoms with Gasteiger partial charge in [0.2, 0.25) is 11.8 Å². The van der Waals surface area contributed by atoms with E-state index >= 15 is 0 Å². The smallest absolute Gasteiger partial charge is 0.223 e. The molecule has 2 amide bonds. The van der Waals surface area contributed by atoms with E-state index < -0.39 is 5.91 Å². The lowest BCUT2D eigenvalue weighted by Gasteiger charge is -2.22. The molecule has 1 aromatic carbocycles. The zero-order valence-corrected chi connectivity index (χ0v) is 12.1. The maximum atomic E-state index is 12.9. The molecule has 1 saturated heterocycles. The lowest BCUT2D eigenvalue weighted by atomic mass is 10.1. The van der Waals surface area contributed by atoms with Crippen LogP contribution in [0.1, 0.15) is 12.5 Å². The number of hydrogen-bond acceptors (Lipinski definition) is 3. The van der Waals surface area contributed by atoms with E-state index in [-0.39, 0.29) is 17.6 Å². The Morgan fingerprint density at radius 2 is 1.90 bits per heavy atom. The third-order valence-electron chi connectivity index (χ3n) is 3.77. The summed E-state index contributed by atoms with van der Waals surface area (Å²) < 4.78 is 12.9. The highest BCUT2D eigenvalue weighted by Crippen LogP contribution is 2.13. The van der Waals surface area contributed by atoms with Crippen molar-refractivity contribution in [1.29, 1.82) is 0 Å². The summed E-state index contributed by atoms with van der Waals surface area (Å²) in [5.74, 6) is -1.10. The molecule has 6 heteroatoms. The van der Waals surface area contributed by atoms with Crippen molar-refractivity contribution >= 4 is 11.8 Å². The SMILES string of the molecule is CC(=O)N1CCN(Cc2ccc(F)cc2)C[C@H](C(N)=O)C1. The normalized spacial score (nSPS) is 20.1. The largest absolute Gasteiger partial charge is 0.369 e. The molecule has 1 fully saturated rings. The molecule has 0 aromatic heterocycles. The first-order valence-corrected chi connectivity index (χ1v) is 6.97. The van der Waals surface area contributed by atoms with Crippen molar-refractivity contribution < 1.29 is 14.0 Å². The minimum Gasteiger partial charge on any atom is -0.369 e. The van der Waals surface area contributed by atoms with Crippen LogP contribution in [0.15, 0.2) is 24.3 Å². The number of amides is 2. The van der Waals surface area contributed by atoms with Crippen LogP contribution in [0.4, 0.5) is 4.39 Å². The second kappa shape index (κ2) is 6.67. The van der Waals surface area contributed by atoms with Gasteiger partial charge in [0.1, 0.15) is 5.82 Å². The van der Waals surface area contributed by atoms with E-state index in [2.05, 4.69) is 4.90 Å². The monoisotopic (exact) mass is 293 g/mol. The van der Waals surface area contributed by atoms with Crippen molar-refractivity contribution in [1.82, 2.24) is 9.80 Å². The predicted molar refractivity (Wildman–Crippen MR) is 76.6 cm³/mol. The third-order valence-corrected chi connectivity index (χ3v) is 3.77. The molecule has 5 nitrogen and oxygen atoms in total. The first-order chi connectivity index (χ1) is 9.95. The van der Waals surface area contributed by atoms with E-state index in [1.54, 1.807) is 17.0 Å². The van der Waals surface area contributed by atoms with Crippen molar-refractivity contribution in [2.45, 2.75) is 13.5 Å². The molecule has 2 rings (SSSR count). The molecule has 21 heavy (non-hydrogen) atoms. The Morgan fingerprint density at radius 3 is 2.48 bits per heavy atom. The first kappa shape index (κ1) is 15.4. The highest BCUT2D eigenvalue weighted by atomic mass is 19.1. The van der Waals surface area contributed by atoms with Gasteiger partial charge in [-0.15, -0.1) is 0 Å². The summed E-state index contributed by atoms with van der Waals surface area (Å²) in [7, 11) is 0. The Labute approximate surface area is 123 Å². The molecule has 114 valence electrons. The van der Waals surface area contributed by atoms with Crippen LogP contribution in [0.2, 0.25) is 0 Å². The highest BCUT2D eigenvalue weighted by Gasteiger charge is 2.27. The summed E-state index contributed by atoms with van der Waals surface area (Å²) >= 11 is 0. The van der Waals surface area contributed by atoms with Gasteiger partial charge in [-0.2, -0.15) is 0 Å². The van der Waals surface area contributed by atoms with Crippen molar-refractivity contribution in [2.75, 3.05) is 26.2 Å². The summed E-state index contributed by atoms with van der Waals surface area (Å²) in [5, 5.41) is 0. The summed E-state index contributed by atoms with van der Waals surface area (Å²) in [5.41, 5.74) is 6.39. The molecule has 1 atom stereocenters.